The number of carbonyl (C=O) groups excluding carboxylic acids is 1. The van der Waals surface area contributed by atoms with Crippen molar-refractivity contribution in [3.05, 3.63) is 0 Å². The molecule has 11 heavy (non-hydrogen) atoms. The van der Waals surface area contributed by atoms with E-state index in [0.29, 0.717) is 0 Å². The summed E-state index contributed by atoms with van der Waals surface area (Å²) in [6.45, 7) is 7.49. The fraction of sp³-hybridized carbons (Fsp3) is 0.889. The molecule has 2 atom stereocenters. The van der Waals surface area contributed by atoms with E-state index in [2.05, 4.69) is 0 Å². The van der Waals surface area contributed by atoms with Crippen LogP contribution in [0, 0.1) is 11.8 Å². The van der Waals surface area contributed by atoms with Crippen molar-refractivity contribution >= 4 is 5.78 Å². The van der Waals surface area contributed by atoms with Crippen LogP contribution in [0.5, 0.6) is 0 Å². The molecule has 2 heteroatoms. The lowest BCUT2D eigenvalue weighted by Crippen LogP contribution is -2.30. The zero-order chi connectivity index (χ0) is 9.02. The largest absolute Gasteiger partial charge is 0.385 e. The average molecular weight is 158 g/mol. The van der Waals surface area contributed by atoms with Gasteiger partial charge in [0.25, 0.3) is 0 Å². The summed E-state index contributed by atoms with van der Waals surface area (Å²) in [6.07, 6.45) is 0.0830. The summed E-state index contributed by atoms with van der Waals surface area (Å²) >= 11 is 0. The van der Waals surface area contributed by atoms with Crippen LogP contribution in [0.3, 0.4) is 0 Å². The molecule has 1 unspecified atom stereocenters. The first-order valence-electron chi connectivity index (χ1n) is 4.22. The zero-order valence-electron chi connectivity index (χ0n) is 7.79. The second-order valence-electron chi connectivity index (χ2n) is 3.39. The monoisotopic (exact) mass is 158 g/mol. The molecule has 0 saturated carbocycles. The Morgan fingerprint density at radius 3 is 2.09 bits per heavy atom. The molecule has 0 spiro atoms. The fourth-order valence-electron chi connectivity index (χ4n) is 0.845. The van der Waals surface area contributed by atoms with Gasteiger partial charge in [0.15, 0.2) is 5.78 Å². The number of hydrogen-bond acceptors (Lipinski definition) is 2. The van der Waals surface area contributed by atoms with Gasteiger partial charge in [0, 0.05) is 5.92 Å². The van der Waals surface area contributed by atoms with Crippen LogP contribution in [-0.2, 0) is 4.79 Å². The summed E-state index contributed by atoms with van der Waals surface area (Å²) < 4.78 is 0. The molecule has 0 aliphatic carbocycles. The van der Waals surface area contributed by atoms with Gasteiger partial charge in [0.1, 0.15) is 6.10 Å². The molecule has 2 nitrogen and oxygen atoms in total. The van der Waals surface area contributed by atoms with Crippen LogP contribution in [0.25, 0.3) is 0 Å². The summed E-state index contributed by atoms with van der Waals surface area (Å²) in [5, 5.41) is 9.41. The molecule has 0 saturated heterocycles. The molecule has 0 radical (unpaired) electrons. The molecular weight excluding hydrogens is 140 g/mol. The van der Waals surface area contributed by atoms with E-state index in [0.717, 1.165) is 6.42 Å². The highest BCUT2D eigenvalue weighted by atomic mass is 16.3. The first-order chi connectivity index (χ1) is 5.00. The molecule has 0 aliphatic rings. The van der Waals surface area contributed by atoms with E-state index in [1.807, 2.05) is 27.7 Å². The molecule has 0 aromatic heterocycles. The van der Waals surface area contributed by atoms with Gasteiger partial charge in [0.05, 0.1) is 0 Å². The van der Waals surface area contributed by atoms with Crippen molar-refractivity contribution in [2.24, 2.45) is 11.8 Å². The van der Waals surface area contributed by atoms with Crippen molar-refractivity contribution in [3.8, 4) is 0 Å². The van der Waals surface area contributed by atoms with Gasteiger partial charge in [-0.1, -0.05) is 34.1 Å². The van der Waals surface area contributed by atoms with E-state index in [1.165, 1.54) is 0 Å². The van der Waals surface area contributed by atoms with Crippen LogP contribution in [0.1, 0.15) is 34.1 Å². The number of ketones is 1. The van der Waals surface area contributed by atoms with Crippen molar-refractivity contribution in [3.63, 3.8) is 0 Å². The molecule has 0 fully saturated rings. The van der Waals surface area contributed by atoms with E-state index in [1.54, 1.807) is 0 Å². The van der Waals surface area contributed by atoms with Crippen LogP contribution in [0.2, 0.25) is 0 Å². The molecule has 0 bridgehead atoms. The minimum Gasteiger partial charge on any atom is -0.385 e. The van der Waals surface area contributed by atoms with E-state index >= 15 is 0 Å². The van der Waals surface area contributed by atoms with Crippen LogP contribution in [0.4, 0.5) is 0 Å². The van der Waals surface area contributed by atoms with Crippen LogP contribution < -0.4 is 0 Å². The third kappa shape index (κ3) is 3.02. The number of rotatable bonds is 4. The van der Waals surface area contributed by atoms with Crippen molar-refractivity contribution in [1.29, 1.82) is 0 Å². The molecule has 0 aromatic rings. The Balaban J connectivity index is 4.02. The second kappa shape index (κ2) is 4.50. The maximum Gasteiger partial charge on any atom is 0.164 e. The highest BCUT2D eigenvalue weighted by Gasteiger charge is 2.22. The Morgan fingerprint density at radius 1 is 1.36 bits per heavy atom. The van der Waals surface area contributed by atoms with E-state index in [9.17, 15) is 9.90 Å². The van der Waals surface area contributed by atoms with Crippen LogP contribution >= 0.6 is 0 Å². The molecule has 1 N–H and O–H groups in total. The second-order valence-corrected chi connectivity index (χ2v) is 3.39. The van der Waals surface area contributed by atoms with Crippen molar-refractivity contribution in [2.45, 2.75) is 40.2 Å². The Kier molecular flexibility index (Phi) is 4.34. The van der Waals surface area contributed by atoms with Gasteiger partial charge in [0.2, 0.25) is 0 Å². The first-order valence-corrected chi connectivity index (χ1v) is 4.22. The van der Waals surface area contributed by atoms with Gasteiger partial charge in [-0.25, -0.2) is 0 Å². The molecule has 66 valence electrons. The summed E-state index contributed by atoms with van der Waals surface area (Å²) in [4.78, 5) is 11.2. The molecule has 0 heterocycles. The number of Topliss-reactive ketones (excluding diaryl/α,β-unsaturated/α-hetero) is 1. The summed E-state index contributed by atoms with van der Waals surface area (Å²) in [6, 6.07) is 0. The molecule has 0 aliphatic heterocycles. The van der Waals surface area contributed by atoms with E-state index < -0.39 is 6.10 Å². The minimum atomic E-state index is -0.764. The normalized spacial score (nSPS) is 16.5. The van der Waals surface area contributed by atoms with Crippen molar-refractivity contribution in [2.75, 3.05) is 0 Å². The topological polar surface area (TPSA) is 37.3 Å². The van der Waals surface area contributed by atoms with Crippen molar-refractivity contribution < 1.29 is 9.90 Å². The van der Waals surface area contributed by atoms with E-state index in [-0.39, 0.29) is 17.6 Å². The lowest BCUT2D eigenvalue weighted by Gasteiger charge is -2.17. The lowest BCUT2D eigenvalue weighted by atomic mass is 9.93. The SMILES string of the molecule is CCC(C)[C@H](O)C(=O)C(C)C. The Labute approximate surface area is 68.6 Å². The van der Waals surface area contributed by atoms with Gasteiger partial charge in [-0.2, -0.15) is 0 Å². The van der Waals surface area contributed by atoms with Gasteiger partial charge >= 0.3 is 0 Å². The summed E-state index contributed by atoms with van der Waals surface area (Å²) in [5.74, 6) is -0.0109. The maximum atomic E-state index is 11.2. The first kappa shape index (κ1) is 10.6. The Hall–Kier alpha value is -0.370. The fourth-order valence-corrected chi connectivity index (χ4v) is 0.845. The lowest BCUT2D eigenvalue weighted by molar-refractivity contribution is -0.132. The third-order valence-electron chi connectivity index (χ3n) is 2.04. The van der Waals surface area contributed by atoms with Crippen LogP contribution in [0.15, 0.2) is 0 Å². The number of aliphatic hydroxyl groups is 1. The molecule has 0 rings (SSSR count). The number of carbonyl (C=O) groups is 1. The molecule has 0 aromatic carbocycles. The predicted octanol–water partition coefficient (Wildman–Crippen LogP) is 1.62. The van der Waals surface area contributed by atoms with E-state index in [4.69, 9.17) is 0 Å². The third-order valence-corrected chi connectivity index (χ3v) is 2.04. The van der Waals surface area contributed by atoms with Gasteiger partial charge < -0.3 is 5.11 Å². The maximum absolute atomic E-state index is 11.2. The minimum absolute atomic E-state index is 0.0423. The molecule has 0 amide bonds. The Bertz CT molecular complexity index is 130. The average Bonchev–Trinajstić information content (AvgIpc) is 2.00. The highest BCUT2D eigenvalue weighted by molar-refractivity contribution is 5.84. The molecular formula is C9H18O2. The number of aliphatic hydroxyl groups excluding tert-OH is 1. The smallest absolute Gasteiger partial charge is 0.164 e. The predicted molar refractivity (Wildman–Crippen MR) is 45.3 cm³/mol. The summed E-state index contributed by atoms with van der Waals surface area (Å²) in [5.41, 5.74) is 0. The number of hydrogen-bond donors (Lipinski definition) is 1. The highest BCUT2D eigenvalue weighted by Crippen LogP contribution is 2.11. The zero-order valence-corrected chi connectivity index (χ0v) is 7.79. The van der Waals surface area contributed by atoms with Gasteiger partial charge in [-0.05, 0) is 5.92 Å². The van der Waals surface area contributed by atoms with Crippen molar-refractivity contribution in [1.82, 2.24) is 0 Å². The van der Waals surface area contributed by atoms with Gasteiger partial charge in [-0.3, -0.25) is 4.79 Å². The quantitative estimate of drug-likeness (QED) is 0.675. The van der Waals surface area contributed by atoms with Gasteiger partial charge in [-0.15, -0.1) is 0 Å². The van der Waals surface area contributed by atoms with Crippen LogP contribution in [-0.4, -0.2) is 17.0 Å². The summed E-state index contributed by atoms with van der Waals surface area (Å²) in [7, 11) is 0. The Morgan fingerprint density at radius 2 is 1.82 bits per heavy atom. The standard InChI is InChI=1S/C9H18O2/c1-5-7(4)9(11)8(10)6(2)3/h6-7,9,11H,5H2,1-4H3/t7?,9-/m0/s1.